The first-order valence-corrected chi connectivity index (χ1v) is 5.21. The number of nitrogens with one attached hydrogen (secondary N) is 1. The Kier molecular flexibility index (Phi) is 4.62. The van der Waals surface area contributed by atoms with Gasteiger partial charge in [0.25, 0.3) is 0 Å². The largest absolute Gasteiger partial charge is 0.378 e. The van der Waals surface area contributed by atoms with E-state index in [1.807, 2.05) is 0 Å². The fraction of sp³-hybridized carbons (Fsp3) is 1.00. The van der Waals surface area contributed by atoms with Crippen molar-refractivity contribution in [3.8, 4) is 0 Å². The fourth-order valence-corrected chi connectivity index (χ4v) is 1.70. The summed E-state index contributed by atoms with van der Waals surface area (Å²) in [5, 5.41) is 3.56. The number of rotatable bonds is 4. The molecule has 0 bridgehead atoms. The fourth-order valence-electron chi connectivity index (χ4n) is 1.70. The Hall–Kier alpha value is -0.0800. The lowest BCUT2D eigenvalue weighted by Crippen LogP contribution is -2.39. The van der Waals surface area contributed by atoms with Crippen LogP contribution < -0.4 is 5.32 Å². The van der Waals surface area contributed by atoms with Crippen molar-refractivity contribution in [1.82, 2.24) is 5.32 Å². The summed E-state index contributed by atoms with van der Waals surface area (Å²) in [7, 11) is 0. The zero-order valence-corrected chi connectivity index (χ0v) is 8.31. The SMILES string of the molecule is CCCNC1CCOC(CC)C1. The maximum absolute atomic E-state index is 5.60. The Bertz CT molecular complexity index is 116. The Morgan fingerprint density at radius 3 is 2.92 bits per heavy atom. The number of hydrogen-bond acceptors (Lipinski definition) is 2. The Morgan fingerprint density at radius 1 is 1.42 bits per heavy atom. The summed E-state index contributed by atoms with van der Waals surface area (Å²) in [6, 6.07) is 0.712. The van der Waals surface area contributed by atoms with Crippen molar-refractivity contribution in [3.63, 3.8) is 0 Å². The lowest BCUT2D eigenvalue weighted by molar-refractivity contribution is 0.0000714. The zero-order chi connectivity index (χ0) is 8.81. The van der Waals surface area contributed by atoms with Gasteiger partial charge in [0.15, 0.2) is 0 Å². The van der Waals surface area contributed by atoms with Crippen molar-refractivity contribution in [2.24, 2.45) is 0 Å². The highest BCUT2D eigenvalue weighted by atomic mass is 16.5. The van der Waals surface area contributed by atoms with Crippen LogP contribution in [0.25, 0.3) is 0 Å². The predicted octanol–water partition coefficient (Wildman–Crippen LogP) is 1.94. The minimum Gasteiger partial charge on any atom is -0.378 e. The number of hydrogen-bond donors (Lipinski definition) is 1. The summed E-state index contributed by atoms with van der Waals surface area (Å²) >= 11 is 0. The molecule has 0 aliphatic carbocycles. The van der Waals surface area contributed by atoms with Crippen molar-refractivity contribution in [2.75, 3.05) is 13.2 Å². The second kappa shape index (κ2) is 5.55. The molecule has 2 heteroatoms. The average Bonchev–Trinajstić information content (AvgIpc) is 2.15. The summed E-state index contributed by atoms with van der Waals surface area (Å²) in [6.07, 6.45) is 5.29. The van der Waals surface area contributed by atoms with E-state index in [9.17, 15) is 0 Å². The molecule has 0 saturated carbocycles. The molecule has 0 amide bonds. The lowest BCUT2D eigenvalue weighted by Gasteiger charge is -2.29. The summed E-state index contributed by atoms with van der Waals surface area (Å²) in [5.41, 5.74) is 0. The van der Waals surface area contributed by atoms with Crippen LogP contribution in [-0.4, -0.2) is 25.3 Å². The second-order valence-corrected chi connectivity index (χ2v) is 3.58. The van der Waals surface area contributed by atoms with E-state index in [0.29, 0.717) is 12.1 Å². The van der Waals surface area contributed by atoms with Crippen LogP contribution in [0.2, 0.25) is 0 Å². The third-order valence-electron chi connectivity index (χ3n) is 2.51. The normalized spacial score (nSPS) is 30.5. The van der Waals surface area contributed by atoms with Gasteiger partial charge < -0.3 is 10.1 Å². The van der Waals surface area contributed by atoms with Crippen LogP contribution in [0, 0.1) is 0 Å². The van der Waals surface area contributed by atoms with Crippen molar-refractivity contribution in [3.05, 3.63) is 0 Å². The summed E-state index contributed by atoms with van der Waals surface area (Å²) in [6.45, 7) is 6.51. The molecule has 2 unspecified atom stereocenters. The Balaban J connectivity index is 2.16. The van der Waals surface area contributed by atoms with Crippen molar-refractivity contribution in [1.29, 1.82) is 0 Å². The predicted molar refractivity (Wildman–Crippen MR) is 51.3 cm³/mol. The monoisotopic (exact) mass is 171 g/mol. The highest BCUT2D eigenvalue weighted by Crippen LogP contribution is 2.15. The molecule has 1 rings (SSSR count). The van der Waals surface area contributed by atoms with Gasteiger partial charge in [-0.3, -0.25) is 0 Å². The van der Waals surface area contributed by atoms with E-state index >= 15 is 0 Å². The van der Waals surface area contributed by atoms with Gasteiger partial charge in [-0.2, -0.15) is 0 Å². The van der Waals surface area contributed by atoms with Crippen LogP contribution >= 0.6 is 0 Å². The maximum atomic E-state index is 5.60. The minimum absolute atomic E-state index is 0.508. The van der Waals surface area contributed by atoms with Crippen LogP contribution in [0.1, 0.15) is 39.5 Å². The molecule has 0 spiro atoms. The van der Waals surface area contributed by atoms with Crippen molar-refractivity contribution in [2.45, 2.75) is 51.7 Å². The van der Waals surface area contributed by atoms with Crippen LogP contribution in [0.5, 0.6) is 0 Å². The first-order chi connectivity index (χ1) is 5.86. The molecule has 0 radical (unpaired) electrons. The highest BCUT2D eigenvalue weighted by molar-refractivity contribution is 4.75. The first kappa shape index (κ1) is 10.0. The molecular formula is C10H21NO. The quantitative estimate of drug-likeness (QED) is 0.698. The molecule has 1 heterocycles. The minimum atomic E-state index is 0.508. The van der Waals surface area contributed by atoms with E-state index in [1.54, 1.807) is 0 Å². The van der Waals surface area contributed by atoms with E-state index in [-0.39, 0.29) is 0 Å². The summed E-state index contributed by atoms with van der Waals surface area (Å²) in [5.74, 6) is 0. The van der Waals surface area contributed by atoms with Gasteiger partial charge in [-0.25, -0.2) is 0 Å². The topological polar surface area (TPSA) is 21.3 Å². The van der Waals surface area contributed by atoms with Crippen molar-refractivity contribution >= 4 is 0 Å². The standard InChI is InChI=1S/C10H21NO/c1-3-6-11-9-5-7-12-10(4-2)8-9/h9-11H,3-8H2,1-2H3. The molecular weight excluding hydrogens is 150 g/mol. The van der Waals surface area contributed by atoms with Crippen LogP contribution in [0.4, 0.5) is 0 Å². The van der Waals surface area contributed by atoms with Gasteiger partial charge in [0.1, 0.15) is 0 Å². The van der Waals surface area contributed by atoms with Gasteiger partial charge in [0.2, 0.25) is 0 Å². The van der Waals surface area contributed by atoms with Gasteiger partial charge in [0.05, 0.1) is 6.10 Å². The molecule has 72 valence electrons. The molecule has 1 fully saturated rings. The zero-order valence-electron chi connectivity index (χ0n) is 8.31. The van der Waals surface area contributed by atoms with Gasteiger partial charge in [0, 0.05) is 12.6 Å². The second-order valence-electron chi connectivity index (χ2n) is 3.58. The average molecular weight is 171 g/mol. The Morgan fingerprint density at radius 2 is 2.25 bits per heavy atom. The lowest BCUT2D eigenvalue weighted by atomic mass is 10.0. The molecule has 1 aliphatic rings. The van der Waals surface area contributed by atoms with E-state index in [1.165, 1.54) is 19.3 Å². The van der Waals surface area contributed by atoms with E-state index in [0.717, 1.165) is 19.6 Å². The maximum Gasteiger partial charge on any atom is 0.0587 e. The van der Waals surface area contributed by atoms with Crippen molar-refractivity contribution < 1.29 is 4.74 Å². The summed E-state index contributed by atoms with van der Waals surface area (Å²) < 4.78 is 5.60. The summed E-state index contributed by atoms with van der Waals surface area (Å²) in [4.78, 5) is 0. The third kappa shape index (κ3) is 3.11. The highest BCUT2D eigenvalue weighted by Gasteiger charge is 2.19. The molecule has 1 saturated heterocycles. The Labute approximate surface area is 75.7 Å². The molecule has 0 aromatic rings. The van der Waals surface area contributed by atoms with E-state index < -0.39 is 0 Å². The van der Waals surface area contributed by atoms with Gasteiger partial charge in [-0.05, 0) is 32.2 Å². The molecule has 2 atom stereocenters. The van der Waals surface area contributed by atoms with Gasteiger partial charge in [-0.15, -0.1) is 0 Å². The van der Waals surface area contributed by atoms with E-state index in [4.69, 9.17) is 4.74 Å². The number of ether oxygens (including phenoxy) is 1. The molecule has 0 aromatic heterocycles. The molecule has 0 aromatic carbocycles. The van der Waals surface area contributed by atoms with Crippen LogP contribution in [0.15, 0.2) is 0 Å². The van der Waals surface area contributed by atoms with Gasteiger partial charge >= 0.3 is 0 Å². The molecule has 1 aliphatic heterocycles. The van der Waals surface area contributed by atoms with Crippen LogP contribution in [-0.2, 0) is 4.74 Å². The van der Waals surface area contributed by atoms with Gasteiger partial charge in [-0.1, -0.05) is 13.8 Å². The molecule has 12 heavy (non-hydrogen) atoms. The molecule has 1 N–H and O–H groups in total. The first-order valence-electron chi connectivity index (χ1n) is 5.21. The van der Waals surface area contributed by atoms with Crippen LogP contribution in [0.3, 0.4) is 0 Å². The van der Waals surface area contributed by atoms with E-state index in [2.05, 4.69) is 19.2 Å². The molecule has 2 nitrogen and oxygen atoms in total. The third-order valence-corrected chi connectivity index (χ3v) is 2.51. The smallest absolute Gasteiger partial charge is 0.0587 e.